The second kappa shape index (κ2) is 9.75. The molecule has 0 radical (unpaired) electrons. The Balaban J connectivity index is 1.64. The van der Waals surface area contributed by atoms with Crippen molar-refractivity contribution in [2.45, 2.75) is 70.3 Å². The van der Waals surface area contributed by atoms with Crippen LogP contribution in [0.25, 0.3) is 0 Å². The summed E-state index contributed by atoms with van der Waals surface area (Å²) < 4.78 is 5.43. The van der Waals surface area contributed by atoms with Crippen molar-refractivity contribution in [3.63, 3.8) is 0 Å². The third kappa shape index (κ3) is 5.42. The zero-order valence-corrected chi connectivity index (χ0v) is 15.3. The highest BCUT2D eigenvalue weighted by Gasteiger charge is 2.50. The van der Waals surface area contributed by atoms with E-state index in [1.54, 1.807) is 0 Å². The van der Waals surface area contributed by atoms with Gasteiger partial charge in [-0.25, -0.2) is 4.79 Å². The molecule has 1 aliphatic heterocycles. The molecule has 1 saturated heterocycles. The standard InChI is InChI=1S/C18H31N3O4/c1-2-3-13-25-14-7-11-19-15(22)8-12-21-16(23)18(20-17(21)24)9-5-4-6-10-18/h2-14H2,1H3,(H,19,22)(H,20,24). The first kappa shape index (κ1) is 19.7. The van der Waals surface area contributed by atoms with Gasteiger partial charge in [-0.3, -0.25) is 14.5 Å². The molecule has 2 fully saturated rings. The molecular weight excluding hydrogens is 322 g/mol. The van der Waals surface area contributed by atoms with Gasteiger partial charge in [0, 0.05) is 32.7 Å². The number of nitrogens with zero attached hydrogens (tertiary/aromatic N) is 1. The Morgan fingerprint density at radius 3 is 2.64 bits per heavy atom. The van der Waals surface area contributed by atoms with Crippen molar-refractivity contribution in [3.8, 4) is 0 Å². The average Bonchev–Trinajstić information content (AvgIpc) is 2.83. The Morgan fingerprint density at radius 1 is 1.20 bits per heavy atom. The van der Waals surface area contributed by atoms with E-state index in [1.807, 2.05) is 0 Å². The van der Waals surface area contributed by atoms with E-state index in [4.69, 9.17) is 4.74 Å². The summed E-state index contributed by atoms with van der Waals surface area (Å²) in [4.78, 5) is 37.8. The minimum absolute atomic E-state index is 0.140. The van der Waals surface area contributed by atoms with Gasteiger partial charge in [0.05, 0.1) is 0 Å². The predicted octanol–water partition coefficient (Wildman–Crippen LogP) is 1.95. The minimum atomic E-state index is -0.707. The molecule has 4 amide bonds. The van der Waals surface area contributed by atoms with Gasteiger partial charge in [0.1, 0.15) is 5.54 Å². The van der Waals surface area contributed by atoms with E-state index < -0.39 is 5.54 Å². The molecule has 1 saturated carbocycles. The van der Waals surface area contributed by atoms with Crippen LogP contribution in [0.1, 0.15) is 64.7 Å². The highest BCUT2D eigenvalue weighted by Crippen LogP contribution is 2.33. The fourth-order valence-electron chi connectivity index (χ4n) is 3.43. The smallest absolute Gasteiger partial charge is 0.325 e. The summed E-state index contributed by atoms with van der Waals surface area (Å²) >= 11 is 0. The molecule has 0 atom stereocenters. The van der Waals surface area contributed by atoms with Crippen LogP contribution in [0.3, 0.4) is 0 Å². The number of hydrogen-bond acceptors (Lipinski definition) is 4. The Hall–Kier alpha value is -1.63. The summed E-state index contributed by atoms with van der Waals surface area (Å²) in [6.07, 6.45) is 7.52. The first-order chi connectivity index (χ1) is 12.1. The number of carbonyl (C=O) groups is 3. The van der Waals surface area contributed by atoms with Gasteiger partial charge in [0.2, 0.25) is 5.91 Å². The molecule has 0 aromatic heterocycles. The third-order valence-corrected chi connectivity index (χ3v) is 4.95. The van der Waals surface area contributed by atoms with Crippen molar-refractivity contribution in [2.24, 2.45) is 0 Å². The van der Waals surface area contributed by atoms with E-state index in [1.165, 1.54) is 4.90 Å². The topological polar surface area (TPSA) is 87.7 Å². The van der Waals surface area contributed by atoms with E-state index in [-0.39, 0.29) is 30.8 Å². The molecule has 1 heterocycles. The van der Waals surface area contributed by atoms with Crippen LogP contribution >= 0.6 is 0 Å². The van der Waals surface area contributed by atoms with E-state index in [2.05, 4.69) is 17.6 Å². The summed E-state index contributed by atoms with van der Waals surface area (Å²) in [6, 6.07) is -0.357. The molecule has 0 unspecified atom stereocenters. The summed E-state index contributed by atoms with van der Waals surface area (Å²) in [5, 5.41) is 5.67. The van der Waals surface area contributed by atoms with Crippen LogP contribution in [0.5, 0.6) is 0 Å². The molecule has 25 heavy (non-hydrogen) atoms. The third-order valence-electron chi connectivity index (χ3n) is 4.95. The molecule has 142 valence electrons. The first-order valence-electron chi connectivity index (χ1n) is 9.57. The van der Waals surface area contributed by atoms with Gasteiger partial charge in [-0.1, -0.05) is 32.6 Å². The average molecular weight is 353 g/mol. The van der Waals surface area contributed by atoms with Crippen molar-refractivity contribution < 1.29 is 19.1 Å². The lowest BCUT2D eigenvalue weighted by molar-refractivity contribution is -0.132. The molecule has 2 rings (SSSR count). The lowest BCUT2D eigenvalue weighted by Crippen LogP contribution is -2.48. The lowest BCUT2D eigenvalue weighted by Gasteiger charge is -2.30. The van der Waals surface area contributed by atoms with Crippen LogP contribution in [0.4, 0.5) is 4.79 Å². The summed E-state index contributed by atoms with van der Waals surface area (Å²) in [5.41, 5.74) is -0.707. The number of unbranched alkanes of at least 4 members (excludes halogenated alkanes) is 1. The molecule has 2 aliphatic rings. The summed E-state index contributed by atoms with van der Waals surface area (Å²) in [6.45, 7) is 4.21. The van der Waals surface area contributed by atoms with Crippen LogP contribution < -0.4 is 10.6 Å². The molecule has 0 aromatic carbocycles. The molecule has 1 spiro atoms. The molecule has 2 N–H and O–H groups in total. The highest BCUT2D eigenvalue weighted by molar-refractivity contribution is 6.07. The maximum Gasteiger partial charge on any atom is 0.325 e. The number of ether oxygens (including phenoxy) is 1. The fourth-order valence-corrected chi connectivity index (χ4v) is 3.43. The van der Waals surface area contributed by atoms with E-state index in [0.717, 1.165) is 45.1 Å². The Bertz CT molecular complexity index is 475. The Morgan fingerprint density at radius 2 is 1.92 bits per heavy atom. The maximum atomic E-state index is 12.6. The number of urea groups is 1. The van der Waals surface area contributed by atoms with Crippen molar-refractivity contribution >= 4 is 17.8 Å². The monoisotopic (exact) mass is 353 g/mol. The maximum absolute atomic E-state index is 12.6. The second-order valence-electron chi connectivity index (χ2n) is 6.95. The number of rotatable bonds is 10. The zero-order valence-electron chi connectivity index (χ0n) is 15.3. The van der Waals surface area contributed by atoms with Crippen molar-refractivity contribution in [3.05, 3.63) is 0 Å². The molecule has 1 aliphatic carbocycles. The fraction of sp³-hybridized carbons (Fsp3) is 0.833. The van der Waals surface area contributed by atoms with Gasteiger partial charge in [0.15, 0.2) is 0 Å². The summed E-state index contributed by atoms with van der Waals surface area (Å²) in [5.74, 6) is -0.298. The second-order valence-corrected chi connectivity index (χ2v) is 6.95. The number of carbonyl (C=O) groups excluding carboxylic acids is 3. The quantitative estimate of drug-likeness (QED) is 0.464. The number of hydrogen-bond donors (Lipinski definition) is 2. The molecular formula is C18H31N3O4. The van der Waals surface area contributed by atoms with Gasteiger partial charge >= 0.3 is 6.03 Å². The van der Waals surface area contributed by atoms with E-state index >= 15 is 0 Å². The summed E-state index contributed by atoms with van der Waals surface area (Å²) in [7, 11) is 0. The van der Waals surface area contributed by atoms with E-state index in [9.17, 15) is 14.4 Å². The molecule has 0 bridgehead atoms. The zero-order chi connectivity index (χ0) is 18.1. The molecule has 7 heteroatoms. The Kier molecular flexibility index (Phi) is 7.68. The number of amides is 4. The predicted molar refractivity (Wildman–Crippen MR) is 94.0 cm³/mol. The van der Waals surface area contributed by atoms with Gasteiger partial charge in [-0.15, -0.1) is 0 Å². The molecule has 0 aromatic rings. The SMILES string of the molecule is CCCCOCCCNC(=O)CCN1C(=O)NC2(CCCCC2)C1=O. The van der Waals surface area contributed by atoms with Gasteiger partial charge in [-0.05, 0) is 25.7 Å². The van der Waals surface area contributed by atoms with Crippen molar-refractivity contribution in [2.75, 3.05) is 26.3 Å². The number of nitrogens with one attached hydrogen (secondary N) is 2. The van der Waals surface area contributed by atoms with Crippen molar-refractivity contribution in [1.82, 2.24) is 15.5 Å². The van der Waals surface area contributed by atoms with Crippen LogP contribution in [-0.4, -0.2) is 54.6 Å². The Labute approximate surface area is 149 Å². The van der Waals surface area contributed by atoms with E-state index in [0.29, 0.717) is 26.0 Å². The van der Waals surface area contributed by atoms with Crippen LogP contribution in [-0.2, 0) is 14.3 Å². The number of imide groups is 1. The van der Waals surface area contributed by atoms with Gasteiger partial charge in [-0.2, -0.15) is 0 Å². The minimum Gasteiger partial charge on any atom is -0.381 e. The van der Waals surface area contributed by atoms with Crippen LogP contribution in [0, 0.1) is 0 Å². The van der Waals surface area contributed by atoms with Crippen molar-refractivity contribution in [1.29, 1.82) is 0 Å². The normalized spacial score (nSPS) is 19.3. The van der Waals surface area contributed by atoms with Gasteiger partial charge in [0.25, 0.3) is 5.91 Å². The van der Waals surface area contributed by atoms with Crippen LogP contribution in [0.2, 0.25) is 0 Å². The van der Waals surface area contributed by atoms with Gasteiger partial charge < -0.3 is 15.4 Å². The van der Waals surface area contributed by atoms with Crippen LogP contribution in [0.15, 0.2) is 0 Å². The lowest BCUT2D eigenvalue weighted by atomic mass is 9.82. The largest absolute Gasteiger partial charge is 0.381 e. The highest BCUT2D eigenvalue weighted by atomic mass is 16.5. The first-order valence-corrected chi connectivity index (χ1v) is 9.57. The molecule has 7 nitrogen and oxygen atoms in total.